The number of carbonyl (C=O) groups excluding carboxylic acids is 3. The smallest absolute Gasteiger partial charge is 0.328 e. The number of hydrogen-bond donors (Lipinski definition) is 1. The van der Waals surface area contributed by atoms with E-state index < -0.39 is 17.9 Å². The second-order valence-corrected chi connectivity index (χ2v) is 7.97. The Labute approximate surface area is 190 Å². The van der Waals surface area contributed by atoms with Crippen molar-refractivity contribution in [2.45, 2.75) is 13.0 Å². The van der Waals surface area contributed by atoms with E-state index in [4.69, 9.17) is 27.9 Å². The zero-order chi connectivity index (χ0) is 22.4. The number of halogens is 2. The summed E-state index contributed by atoms with van der Waals surface area (Å²) in [6.07, 6.45) is 0. The highest BCUT2D eigenvalue weighted by atomic mass is 35.5. The van der Waals surface area contributed by atoms with Crippen molar-refractivity contribution in [2.24, 2.45) is 0 Å². The van der Waals surface area contributed by atoms with Crippen molar-refractivity contribution < 1.29 is 19.1 Å². The van der Waals surface area contributed by atoms with E-state index in [-0.39, 0.29) is 23.1 Å². The topological polar surface area (TPSA) is 78.9 Å². The molecular weight excluding hydrogens is 441 g/mol. The van der Waals surface area contributed by atoms with Crippen LogP contribution in [-0.2, 0) is 14.3 Å². The molecule has 7 nitrogen and oxygen atoms in total. The maximum absolute atomic E-state index is 12.4. The van der Waals surface area contributed by atoms with Gasteiger partial charge < -0.3 is 19.9 Å². The van der Waals surface area contributed by atoms with Gasteiger partial charge in [-0.3, -0.25) is 9.59 Å². The van der Waals surface area contributed by atoms with E-state index in [9.17, 15) is 14.4 Å². The third kappa shape index (κ3) is 6.12. The van der Waals surface area contributed by atoms with E-state index in [1.54, 1.807) is 29.2 Å². The molecule has 31 heavy (non-hydrogen) atoms. The molecule has 0 unspecified atom stereocenters. The van der Waals surface area contributed by atoms with Crippen LogP contribution < -0.4 is 10.2 Å². The van der Waals surface area contributed by atoms with Gasteiger partial charge in [-0.25, -0.2) is 4.79 Å². The van der Waals surface area contributed by atoms with Crippen LogP contribution in [0.5, 0.6) is 0 Å². The fraction of sp³-hybridized carbons (Fsp3) is 0.318. The number of piperazine rings is 1. The largest absolute Gasteiger partial charge is 0.454 e. The van der Waals surface area contributed by atoms with Crippen LogP contribution in [-0.4, -0.2) is 61.5 Å². The van der Waals surface area contributed by atoms with Gasteiger partial charge in [-0.2, -0.15) is 0 Å². The molecular formula is C22H23Cl2N3O4. The Kier molecular flexibility index (Phi) is 7.76. The fourth-order valence-corrected chi connectivity index (χ4v) is 3.62. The lowest BCUT2D eigenvalue weighted by Gasteiger charge is -2.36. The second kappa shape index (κ2) is 10.5. The molecule has 3 rings (SSSR count). The van der Waals surface area contributed by atoms with Crippen molar-refractivity contribution in [1.82, 2.24) is 10.2 Å². The summed E-state index contributed by atoms with van der Waals surface area (Å²) >= 11 is 12.0. The summed E-state index contributed by atoms with van der Waals surface area (Å²) in [4.78, 5) is 40.6. The Bertz CT molecular complexity index is 961. The van der Waals surface area contributed by atoms with E-state index in [1.807, 2.05) is 24.3 Å². The van der Waals surface area contributed by atoms with Gasteiger partial charge in [-0.1, -0.05) is 41.4 Å². The molecule has 0 bridgehead atoms. The number of rotatable bonds is 6. The van der Waals surface area contributed by atoms with Gasteiger partial charge in [0, 0.05) is 36.9 Å². The number of anilines is 1. The first-order valence-electron chi connectivity index (χ1n) is 9.85. The molecule has 164 valence electrons. The van der Waals surface area contributed by atoms with Crippen molar-refractivity contribution in [3.8, 4) is 0 Å². The molecule has 2 aromatic carbocycles. The summed E-state index contributed by atoms with van der Waals surface area (Å²) in [7, 11) is 0. The van der Waals surface area contributed by atoms with Crippen molar-refractivity contribution in [3.63, 3.8) is 0 Å². The minimum absolute atomic E-state index is 0.262. The zero-order valence-electron chi connectivity index (χ0n) is 17.0. The molecule has 0 radical (unpaired) electrons. The number of esters is 1. The Morgan fingerprint density at radius 2 is 1.74 bits per heavy atom. The van der Waals surface area contributed by atoms with Crippen LogP contribution in [0.2, 0.25) is 10.0 Å². The van der Waals surface area contributed by atoms with E-state index in [0.717, 1.165) is 5.69 Å². The lowest BCUT2D eigenvalue weighted by molar-refractivity contribution is -0.153. The van der Waals surface area contributed by atoms with Gasteiger partial charge in [0.15, 0.2) is 6.61 Å². The molecule has 1 fully saturated rings. The average molecular weight is 464 g/mol. The van der Waals surface area contributed by atoms with Crippen molar-refractivity contribution >= 4 is 46.7 Å². The lowest BCUT2D eigenvalue weighted by Crippen LogP contribution is -2.50. The first kappa shape index (κ1) is 22.9. The molecule has 2 amide bonds. The van der Waals surface area contributed by atoms with E-state index in [0.29, 0.717) is 31.2 Å². The zero-order valence-corrected chi connectivity index (χ0v) is 18.5. The van der Waals surface area contributed by atoms with Gasteiger partial charge in [0.25, 0.3) is 11.8 Å². The van der Waals surface area contributed by atoms with Crippen LogP contribution in [0.3, 0.4) is 0 Å². The van der Waals surface area contributed by atoms with Crippen LogP contribution in [0.25, 0.3) is 0 Å². The van der Waals surface area contributed by atoms with Gasteiger partial charge in [0.1, 0.15) is 6.04 Å². The SMILES string of the molecule is C[C@H](NC(=O)c1ccccc1Cl)C(=O)OCC(=O)N1CCN(c2cccc(Cl)c2)CC1. The molecule has 0 aliphatic carbocycles. The number of ether oxygens (including phenoxy) is 1. The number of benzene rings is 2. The normalized spacial score (nSPS) is 14.7. The van der Waals surface area contributed by atoms with Crippen LogP contribution in [0, 0.1) is 0 Å². The summed E-state index contributed by atoms with van der Waals surface area (Å²) < 4.78 is 5.10. The molecule has 1 aliphatic rings. The Morgan fingerprint density at radius 3 is 2.42 bits per heavy atom. The third-order valence-corrected chi connectivity index (χ3v) is 5.53. The standard InChI is InChI=1S/C22H23Cl2N3O4/c1-15(25-21(29)18-7-2-3-8-19(18)24)22(30)31-14-20(28)27-11-9-26(10-12-27)17-6-4-5-16(23)13-17/h2-8,13,15H,9-12,14H2,1H3,(H,25,29)/t15-/m0/s1. The minimum Gasteiger partial charge on any atom is -0.454 e. The lowest BCUT2D eigenvalue weighted by atomic mass is 10.2. The van der Waals surface area contributed by atoms with Gasteiger partial charge in [0.05, 0.1) is 10.6 Å². The second-order valence-electron chi connectivity index (χ2n) is 7.13. The van der Waals surface area contributed by atoms with Crippen molar-refractivity contribution in [1.29, 1.82) is 0 Å². The quantitative estimate of drug-likeness (QED) is 0.666. The van der Waals surface area contributed by atoms with Crippen LogP contribution in [0.15, 0.2) is 48.5 Å². The summed E-state index contributed by atoms with van der Waals surface area (Å²) in [6.45, 7) is 3.46. The Morgan fingerprint density at radius 1 is 1.03 bits per heavy atom. The van der Waals surface area contributed by atoms with Gasteiger partial charge >= 0.3 is 5.97 Å². The summed E-state index contributed by atoms with van der Waals surface area (Å²) in [5.41, 5.74) is 1.27. The fourth-order valence-electron chi connectivity index (χ4n) is 3.21. The molecule has 2 aromatic rings. The predicted molar refractivity (Wildman–Crippen MR) is 120 cm³/mol. The van der Waals surface area contributed by atoms with Crippen LogP contribution in [0.4, 0.5) is 5.69 Å². The van der Waals surface area contributed by atoms with Crippen LogP contribution >= 0.6 is 23.2 Å². The molecule has 9 heteroatoms. The minimum atomic E-state index is -0.920. The number of nitrogens with zero attached hydrogens (tertiary/aromatic N) is 2. The van der Waals surface area contributed by atoms with E-state index in [1.165, 1.54) is 6.92 Å². The Balaban J connectivity index is 1.43. The van der Waals surface area contributed by atoms with E-state index in [2.05, 4.69) is 10.2 Å². The highest BCUT2D eigenvalue weighted by molar-refractivity contribution is 6.33. The van der Waals surface area contributed by atoms with Crippen molar-refractivity contribution in [2.75, 3.05) is 37.7 Å². The molecule has 1 saturated heterocycles. The number of nitrogens with one attached hydrogen (secondary N) is 1. The first-order chi connectivity index (χ1) is 14.8. The predicted octanol–water partition coefficient (Wildman–Crippen LogP) is 3.00. The summed E-state index contributed by atoms with van der Waals surface area (Å²) in [6, 6.07) is 13.2. The maximum Gasteiger partial charge on any atom is 0.328 e. The van der Waals surface area contributed by atoms with Crippen molar-refractivity contribution in [3.05, 3.63) is 64.1 Å². The number of carbonyl (C=O) groups is 3. The summed E-state index contributed by atoms with van der Waals surface area (Å²) in [5.74, 6) is -1.45. The van der Waals surface area contributed by atoms with E-state index >= 15 is 0 Å². The molecule has 0 spiro atoms. The molecule has 1 heterocycles. The number of amides is 2. The van der Waals surface area contributed by atoms with Gasteiger partial charge in [-0.15, -0.1) is 0 Å². The summed E-state index contributed by atoms with van der Waals surface area (Å²) in [5, 5.41) is 3.48. The first-order valence-corrected chi connectivity index (χ1v) is 10.6. The highest BCUT2D eigenvalue weighted by Gasteiger charge is 2.24. The monoisotopic (exact) mass is 463 g/mol. The molecule has 0 saturated carbocycles. The Hall–Kier alpha value is -2.77. The third-order valence-electron chi connectivity index (χ3n) is 4.96. The number of hydrogen-bond acceptors (Lipinski definition) is 5. The highest BCUT2D eigenvalue weighted by Crippen LogP contribution is 2.21. The maximum atomic E-state index is 12.4. The van der Waals surface area contributed by atoms with Gasteiger partial charge in [0.2, 0.25) is 0 Å². The molecule has 1 N–H and O–H groups in total. The van der Waals surface area contributed by atoms with Gasteiger partial charge in [-0.05, 0) is 37.3 Å². The molecule has 1 atom stereocenters. The average Bonchev–Trinajstić information content (AvgIpc) is 2.77. The van der Waals surface area contributed by atoms with Crippen LogP contribution in [0.1, 0.15) is 17.3 Å². The molecule has 1 aliphatic heterocycles. The molecule has 0 aromatic heterocycles.